The summed E-state index contributed by atoms with van der Waals surface area (Å²) in [6.07, 6.45) is 2.63. The molecule has 1 aromatic heterocycles. The maximum atomic E-state index is 12.5. The maximum absolute atomic E-state index is 12.5. The second kappa shape index (κ2) is 7.40. The summed E-state index contributed by atoms with van der Waals surface area (Å²) >= 11 is 0. The zero-order chi connectivity index (χ0) is 16.9. The minimum atomic E-state index is -0.0790. The molecule has 1 aliphatic rings. The number of amides is 2. The molecule has 24 heavy (non-hydrogen) atoms. The van der Waals surface area contributed by atoms with E-state index in [-0.39, 0.29) is 12.1 Å². The fourth-order valence-electron chi connectivity index (χ4n) is 2.75. The molecule has 0 spiro atoms. The van der Waals surface area contributed by atoms with Crippen molar-refractivity contribution in [3.05, 3.63) is 42.2 Å². The zero-order valence-corrected chi connectivity index (χ0v) is 14.0. The first-order valence-corrected chi connectivity index (χ1v) is 8.23. The monoisotopic (exact) mass is 326 g/mol. The van der Waals surface area contributed by atoms with Crippen molar-refractivity contribution in [1.29, 1.82) is 0 Å². The smallest absolute Gasteiger partial charge is 0.322 e. The Balaban J connectivity index is 1.68. The van der Waals surface area contributed by atoms with Gasteiger partial charge in [-0.05, 0) is 43.7 Å². The molecule has 0 aliphatic carbocycles. The van der Waals surface area contributed by atoms with E-state index < -0.39 is 0 Å². The quantitative estimate of drug-likeness (QED) is 0.941. The van der Waals surface area contributed by atoms with Crippen LogP contribution in [0.2, 0.25) is 0 Å². The van der Waals surface area contributed by atoms with Gasteiger partial charge in [-0.1, -0.05) is 6.92 Å². The van der Waals surface area contributed by atoms with E-state index in [4.69, 9.17) is 4.74 Å². The fourth-order valence-corrected chi connectivity index (χ4v) is 2.75. The van der Waals surface area contributed by atoms with Gasteiger partial charge in [0.1, 0.15) is 0 Å². The summed E-state index contributed by atoms with van der Waals surface area (Å²) in [5, 5.41) is 2.96. The predicted octanol–water partition coefficient (Wildman–Crippen LogP) is 3.09. The fraction of sp³-hybridized carbons (Fsp3) is 0.389. The van der Waals surface area contributed by atoms with E-state index in [9.17, 15) is 4.79 Å². The van der Waals surface area contributed by atoms with Crippen LogP contribution in [0, 0.1) is 6.92 Å². The molecule has 1 N–H and O–H groups in total. The van der Waals surface area contributed by atoms with E-state index in [2.05, 4.69) is 22.2 Å². The number of morpholine rings is 1. The first-order valence-electron chi connectivity index (χ1n) is 8.23. The summed E-state index contributed by atoms with van der Waals surface area (Å²) in [6.45, 7) is 5.82. The number of carbonyl (C=O) groups is 1. The lowest BCUT2D eigenvalue weighted by molar-refractivity contribution is 0.0144. The zero-order valence-electron chi connectivity index (χ0n) is 14.0. The van der Waals surface area contributed by atoms with Gasteiger partial charge >= 0.3 is 6.03 Å². The van der Waals surface area contributed by atoms with E-state index in [1.54, 1.807) is 6.20 Å². The number of aromatic nitrogens is 2. The summed E-state index contributed by atoms with van der Waals surface area (Å²) in [5.41, 5.74) is 2.61. The average molecular weight is 326 g/mol. The molecule has 1 fully saturated rings. The lowest BCUT2D eigenvalue weighted by Gasteiger charge is -2.35. The van der Waals surface area contributed by atoms with Crippen molar-refractivity contribution in [1.82, 2.24) is 14.9 Å². The van der Waals surface area contributed by atoms with Crippen molar-refractivity contribution in [2.45, 2.75) is 26.3 Å². The van der Waals surface area contributed by atoms with Crippen LogP contribution < -0.4 is 5.32 Å². The molecule has 0 radical (unpaired) electrons. The molecule has 2 amide bonds. The molecule has 1 aromatic carbocycles. The molecule has 2 heterocycles. The number of hydrogen-bond acceptors (Lipinski definition) is 4. The third-order valence-electron chi connectivity index (χ3n) is 4.15. The van der Waals surface area contributed by atoms with Crippen LogP contribution in [0.1, 0.15) is 19.0 Å². The number of benzene rings is 1. The molecule has 126 valence electrons. The lowest BCUT2D eigenvalue weighted by atomic mass is 10.2. The number of aryl methyl sites for hydroxylation is 1. The Bertz CT molecular complexity index is 702. The van der Waals surface area contributed by atoms with Crippen molar-refractivity contribution < 1.29 is 9.53 Å². The topological polar surface area (TPSA) is 67.3 Å². The molecule has 2 aromatic rings. The van der Waals surface area contributed by atoms with Gasteiger partial charge in [0.15, 0.2) is 5.82 Å². The van der Waals surface area contributed by atoms with Crippen LogP contribution in [0.4, 0.5) is 10.5 Å². The van der Waals surface area contributed by atoms with E-state index in [0.717, 1.165) is 23.4 Å². The highest BCUT2D eigenvalue weighted by Crippen LogP contribution is 2.19. The van der Waals surface area contributed by atoms with Crippen molar-refractivity contribution >= 4 is 11.7 Å². The van der Waals surface area contributed by atoms with Crippen molar-refractivity contribution in [2.24, 2.45) is 0 Å². The predicted molar refractivity (Wildman–Crippen MR) is 92.8 cm³/mol. The molecule has 3 rings (SSSR count). The molecule has 1 aliphatic heterocycles. The Kier molecular flexibility index (Phi) is 5.05. The Hall–Kier alpha value is -2.47. The van der Waals surface area contributed by atoms with Gasteiger partial charge in [-0.15, -0.1) is 0 Å². The third-order valence-corrected chi connectivity index (χ3v) is 4.15. The first kappa shape index (κ1) is 16.4. The number of hydrogen-bond donors (Lipinski definition) is 1. The molecule has 0 unspecified atom stereocenters. The van der Waals surface area contributed by atoms with Crippen LogP contribution in [0.5, 0.6) is 0 Å². The Morgan fingerprint density at radius 2 is 2.12 bits per heavy atom. The number of anilines is 1. The number of urea groups is 1. The van der Waals surface area contributed by atoms with Gasteiger partial charge in [-0.3, -0.25) is 0 Å². The van der Waals surface area contributed by atoms with E-state index in [0.29, 0.717) is 25.6 Å². The van der Waals surface area contributed by atoms with Crippen LogP contribution in [0.15, 0.2) is 36.5 Å². The summed E-state index contributed by atoms with van der Waals surface area (Å²) in [5.74, 6) is 0.687. The highest BCUT2D eigenvalue weighted by Gasteiger charge is 2.25. The minimum Gasteiger partial charge on any atom is -0.377 e. The maximum Gasteiger partial charge on any atom is 0.322 e. The molecule has 6 nitrogen and oxygen atoms in total. The van der Waals surface area contributed by atoms with E-state index in [1.807, 2.05) is 42.2 Å². The number of nitrogens with one attached hydrogen (secondary N) is 1. The van der Waals surface area contributed by atoms with Crippen LogP contribution in [-0.4, -0.2) is 46.7 Å². The standard InChI is InChI=1S/C18H22N4O2/c1-3-16-12-24-11-10-22(16)18(23)21-15-6-4-14(5-7-15)17-19-9-8-13(2)20-17/h4-9,16H,3,10-12H2,1-2H3,(H,21,23)/t16-/m0/s1. The normalized spacial score (nSPS) is 17.6. The second-order valence-corrected chi connectivity index (χ2v) is 5.86. The summed E-state index contributed by atoms with van der Waals surface area (Å²) in [4.78, 5) is 23.0. The van der Waals surface area contributed by atoms with Gasteiger partial charge in [-0.25, -0.2) is 14.8 Å². The SMILES string of the molecule is CC[C@H]1COCCN1C(=O)Nc1ccc(-c2nccc(C)n2)cc1. The first-order chi connectivity index (χ1) is 11.7. The van der Waals surface area contributed by atoms with Crippen molar-refractivity contribution in [2.75, 3.05) is 25.1 Å². The largest absolute Gasteiger partial charge is 0.377 e. The van der Waals surface area contributed by atoms with Crippen LogP contribution >= 0.6 is 0 Å². The number of nitrogens with zero attached hydrogens (tertiary/aromatic N) is 3. The second-order valence-electron chi connectivity index (χ2n) is 5.86. The minimum absolute atomic E-state index is 0.0790. The molecule has 0 bridgehead atoms. The van der Waals surface area contributed by atoms with Gasteiger partial charge < -0.3 is 15.0 Å². The molecule has 1 saturated heterocycles. The third kappa shape index (κ3) is 3.71. The molecule has 1 atom stereocenters. The van der Waals surface area contributed by atoms with E-state index in [1.165, 1.54) is 0 Å². The van der Waals surface area contributed by atoms with Gasteiger partial charge in [0.05, 0.1) is 19.3 Å². The van der Waals surface area contributed by atoms with Gasteiger partial charge in [-0.2, -0.15) is 0 Å². The summed E-state index contributed by atoms with van der Waals surface area (Å²) < 4.78 is 5.44. The molecular weight excluding hydrogens is 304 g/mol. The van der Waals surface area contributed by atoms with Crippen LogP contribution in [0.3, 0.4) is 0 Å². The van der Waals surface area contributed by atoms with Crippen molar-refractivity contribution in [3.63, 3.8) is 0 Å². The van der Waals surface area contributed by atoms with Gasteiger partial charge in [0.25, 0.3) is 0 Å². The van der Waals surface area contributed by atoms with Gasteiger partial charge in [0.2, 0.25) is 0 Å². The summed E-state index contributed by atoms with van der Waals surface area (Å²) in [6, 6.07) is 9.51. The molecular formula is C18H22N4O2. The highest BCUT2D eigenvalue weighted by molar-refractivity contribution is 5.89. The van der Waals surface area contributed by atoms with E-state index >= 15 is 0 Å². The Morgan fingerprint density at radius 3 is 2.83 bits per heavy atom. The summed E-state index contributed by atoms with van der Waals surface area (Å²) in [7, 11) is 0. The molecule has 6 heteroatoms. The average Bonchev–Trinajstić information content (AvgIpc) is 2.62. The number of carbonyl (C=O) groups excluding carboxylic acids is 1. The van der Waals surface area contributed by atoms with Crippen LogP contribution in [-0.2, 0) is 4.74 Å². The lowest BCUT2D eigenvalue weighted by Crippen LogP contribution is -2.50. The Morgan fingerprint density at radius 1 is 1.33 bits per heavy atom. The van der Waals surface area contributed by atoms with Crippen LogP contribution in [0.25, 0.3) is 11.4 Å². The van der Waals surface area contributed by atoms with Crippen molar-refractivity contribution in [3.8, 4) is 11.4 Å². The van der Waals surface area contributed by atoms with Gasteiger partial charge in [0, 0.05) is 29.7 Å². The highest BCUT2D eigenvalue weighted by atomic mass is 16.5. The Labute approximate surface area is 141 Å². The molecule has 0 saturated carbocycles. The number of ether oxygens (including phenoxy) is 1. The number of rotatable bonds is 3.